The van der Waals surface area contributed by atoms with E-state index in [1.807, 2.05) is 24.3 Å². The largest absolute Gasteiger partial charge is 0.402 e. The lowest BCUT2D eigenvalue weighted by Crippen LogP contribution is -2.11. The Bertz CT molecular complexity index is 903. The van der Waals surface area contributed by atoms with Crippen molar-refractivity contribution in [3.8, 4) is 0 Å². The van der Waals surface area contributed by atoms with E-state index in [0.717, 1.165) is 11.1 Å². The van der Waals surface area contributed by atoms with Crippen molar-refractivity contribution in [1.82, 2.24) is 0 Å². The molecule has 27 heavy (non-hydrogen) atoms. The first-order valence-corrected chi connectivity index (χ1v) is 9.28. The van der Waals surface area contributed by atoms with Gasteiger partial charge in [-0.15, -0.1) is 0 Å². The van der Waals surface area contributed by atoms with Crippen LogP contribution in [0.3, 0.4) is 0 Å². The number of cyclic esters (lactones) is 1. The molecule has 0 saturated carbocycles. The second kappa shape index (κ2) is 6.80. The van der Waals surface area contributed by atoms with Crippen molar-refractivity contribution in [2.45, 2.75) is 52.4 Å². The Labute approximate surface area is 161 Å². The Morgan fingerprint density at radius 3 is 1.74 bits per heavy atom. The van der Waals surface area contributed by atoms with Gasteiger partial charge in [-0.2, -0.15) is 0 Å². The summed E-state index contributed by atoms with van der Waals surface area (Å²) < 4.78 is 5.38. The number of benzene rings is 2. The normalized spacial score (nSPS) is 16.4. The van der Waals surface area contributed by atoms with Crippen molar-refractivity contribution in [3.63, 3.8) is 0 Å². The predicted octanol–water partition coefficient (Wildman–Crippen LogP) is 5.63. The smallest absolute Gasteiger partial charge is 0.363 e. The Morgan fingerprint density at radius 2 is 1.26 bits per heavy atom. The molecule has 2 aromatic carbocycles. The lowest BCUT2D eigenvalue weighted by Gasteiger charge is -2.18. The third-order valence-corrected chi connectivity index (χ3v) is 4.70. The number of carbonyl (C=O) groups is 1. The van der Waals surface area contributed by atoms with Crippen LogP contribution in [0.2, 0.25) is 0 Å². The van der Waals surface area contributed by atoms with Gasteiger partial charge in [-0.1, -0.05) is 77.9 Å². The Balaban J connectivity index is 1.84. The maximum atomic E-state index is 12.2. The first-order valence-electron chi connectivity index (χ1n) is 9.28. The zero-order valence-corrected chi connectivity index (χ0v) is 17.0. The van der Waals surface area contributed by atoms with E-state index in [-0.39, 0.29) is 10.8 Å². The van der Waals surface area contributed by atoms with Crippen LogP contribution in [0.15, 0.2) is 59.2 Å². The highest BCUT2D eigenvalue weighted by Crippen LogP contribution is 2.26. The summed E-state index contributed by atoms with van der Waals surface area (Å²) in [5.74, 6) is -0.0529. The molecule has 0 unspecified atom stereocenters. The van der Waals surface area contributed by atoms with E-state index in [9.17, 15) is 4.79 Å². The minimum Gasteiger partial charge on any atom is -0.402 e. The number of carbonyl (C=O) groups excluding carboxylic acids is 1. The summed E-state index contributed by atoms with van der Waals surface area (Å²) in [5, 5.41) is 0. The Kier molecular flexibility index (Phi) is 4.81. The van der Waals surface area contributed by atoms with Crippen molar-refractivity contribution in [2.24, 2.45) is 4.99 Å². The summed E-state index contributed by atoms with van der Waals surface area (Å²) in [5.41, 5.74) is 4.73. The molecule has 0 aromatic heterocycles. The van der Waals surface area contributed by atoms with Gasteiger partial charge in [-0.3, -0.25) is 0 Å². The molecular formula is C24H27NO2. The third-order valence-electron chi connectivity index (χ3n) is 4.70. The molecule has 0 saturated heterocycles. The van der Waals surface area contributed by atoms with Crippen LogP contribution in [0.5, 0.6) is 0 Å². The van der Waals surface area contributed by atoms with E-state index in [2.05, 4.69) is 70.8 Å². The number of ether oxygens (including phenoxy) is 1. The van der Waals surface area contributed by atoms with Crippen LogP contribution in [-0.4, -0.2) is 11.9 Å². The van der Waals surface area contributed by atoms with Gasteiger partial charge in [0.25, 0.3) is 0 Å². The molecule has 1 aliphatic heterocycles. The quantitative estimate of drug-likeness (QED) is 0.514. The standard InChI is InChI=1S/C24H27NO2/c1-23(2,3)18-11-7-16(8-12-18)15-20-22(26)27-21(25-20)17-9-13-19(14-10-17)24(4,5)6/h7-15H,1-6H3/b20-15-. The zero-order chi connectivity index (χ0) is 19.8. The summed E-state index contributed by atoms with van der Waals surface area (Å²) in [6, 6.07) is 16.2. The van der Waals surface area contributed by atoms with Gasteiger partial charge >= 0.3 is 5.97 Å². The minimum absolute atomic E-state index is 0.0803. The predicted molar refractivity (Wildman–Crippen MR) is 111 cm³/mol. The van der Waals surface area contributed by atoms with Crippen molar-refractivity contribution < 1.29 is 9.53 Å². The molecule has 0 fully saturated rings. The van der Waals surface area contributed by atoms with Gasteiger partial charge in [0.05, 0.1) is 0 Å². The molecule has 1 heterocycles. The van der Waals surface area contributed by atoms with E-state index in [1.54, 1.807) is 6.08 Å². The molecule has 0 N–H and O–H groups in total. The number of nitrogens with zero attached hydrogens (tertiary/aromatic N) is 1. The molecule has 140 valence electrons. The Hall–Kier alpha value is -2.68. The molecule has 3 nitrogen and oxygen atoms in total. The second-order valence-corrected chi connectivity index (χ2v) is 9.04. The maximum absolute atomic E-state index is 12.2. The fourth-order valence-corrected chi connectivity index (χ4v) is 2.88. The Morgan fingerprint density at radius 1 is 0.778 bits per heavy atom. The molecule has 3 rings (SSSR count). The van der Waals surface area contributed by atoms with Gasteiger partial charge in [0.15, 0.2) is 5.70 Å². The van der Waals surface area contributed by atoms with Gasteiger partial charge in [0.1, 0.15) is 0 Å². The average molecular weight is 361 g/mol. The van der Waals surface area contributed by atoms with Crippen LogP contribution < -0.4 is 0 Å². The van der Waals surface area contributed by atoms with E-state index in [4.69, 9.17) is 4.74 Å². The molecule has 0 bridgehead atoms. The van der Waals surface area contributed by atoms with Gasteiger partial charge < -0.3 is 4.74 Å². The average Bonchev–Trinajstić information content (AvgIpc) is 2.95. The number of hydrogen-bond acceptors (Lipinski definition) is 3. The van der Waals surface area contributed by atoms with Gasteiger partial charge in [0.2, 0.25) is 5.90 Å². The van der Waals surface area contributed by atoms with Crippen molar-refractivity contribution >= 4 is 17.9 Å². The SMILES string of the molecule is CC(C)(C)c1ccc(/C=C2\N=C(c3ccc(C(C)(C)C)cc3)OC2=O)cc1. The van der Waals surface area contributed by atoms with E-state index in [1.165, 1.54) is 11.1 Å². The fourth-order valence-electron chi connectivity index (χ4n) is 2.88. The summed E-state index contributed by atoms with van der Waals surface area (Å²) in [4.78, 5) is 16.6. The van der Waals surface area contributed by atoms with Crippen LogP contribution in [0.1, 0.15) is 63.8 Å². The number of hydrogen-bond donors (Lipinski definition) is 0. The molecule has 0 spiro atoms. The summed E-state index contributed by atoms with van der Waals surface area (Å²) in [7, 11) is 0. The lowest BCUT2D eigenvalue weighted by atomic mass is 9.86. The van der Waals surface area contributed by atoms with Crippen LogP contribution in [0, 0.1) is 0 Å². The van der Waals surface area contributed by atoms with Crippen molar-refractivity contribution in [2.75, 3.05) is 0 Å². The molecule has 3 heteroatoms. The number of aliphatic imine (C=N–C) groups is 1. The number of rotatable bonds is 2. The fraction of sp³-hybridized carbons (Fsp3) is 0.333. The molecule has 1 aliphatic rings. The maximum Gasteiger partial charge on any atom is 0.363 e. The van der Waals surface area contributed by atoms with E-state index < -0.39 is 5.97 Å². The van der Waals surface area contributed by atoms with E-state index in [0.29, 0.717) is 11.6 Å². The van der Waals surface area contributed by atoms with Crippen molar-refractivity contribution in [3.05, 3.63) is 76.5 Å². The summed E-state index contributed by atoms with van der Waals surface area (Å²) in [6.07, 6.45) is 1.77. The van der Waals surface area contributed by atoms with Gasteiger partial charge in [0, 0.05) is 5.56 Å². The summed E-state index contributed by atoms with van der Waals surface area (Å²) >= 11 is 0. The molecule has 0 amide bonds. The molecule has 0 aliphatic carbocycles. The van der Waals surface area contributed by atoms with Gasteiger partial charge in [-0.05, 0) is 45.7 Å². The summed E-state index contributed by atoms with van der Waals surface area (Å²) in [6.45, 7) is 13.0. The molecule has 0 radical (unpaired) electrons. The highest BCUT2D eigenvalue weighted by Gasteiger charge is 2.24. The first-order chi connectivity index (χ1) is 12.5. The molecule has 0 atom stereocenters. The minimum atomic E-state index is -0.412. The second-order valence-electron chi connectivity index (χ2n) is 9.04. The lowest BCUT2D eigenvalue weighted by molar-refractivity contribution is -0.129. The van der Waals surface area contributed by atoms with Crippen molar-refractivity contribution in [1.29, 1.82) is 0 Å². The first kappa shape index (κ1) is 19.1. The number of esters is 1. The van der Waals surface area contributed by atoms with Crippen LogP contribution in [-0.2, 0) is 20.4 Å². The highest BCUT2D eigenvalue weighted by molar-refractivity contribution is 6.12. The molecule has 2 aromatic rings. The van der Waals surface area contributed by atoms with Crippen LogP contribution in [0.4, 0.5) is 0 Å². The highest BCUT2D eigenvalue weighted by atomic mass is 16.6. The van der Waals surface area contributed by atoms with Crippen LogP contribution in [0.25, 0.3) is 6.08 Å². The monoisotopic (exact) mass is 361 g/mol. The topological polar surface area (TPSA) is 38.7 Å². The van der Waals surface area contributed by atoms with Gasteiger partial charge in [-0.25, -0.2) is 9.79 Å². The molecular weight excluding hydrogens is 334 g/mol. The third kappa shape index (κ3) is 4.36. The van der Waals surface area contributed by atoms with Crippen LogP contribution >= 0.6 is 0 Å². The zero-order valence-electron chi connectivity index (χ0n) is 17.0. The van der Waals surface area contributed by atoms with E-state index >= 15 is 0 Å².